The Bertz CT molecular complexity index is 390. The summed E-state index contributed by atoms with van der Waals surface area (Å²) in [5.41, 5.74) is 0.193. The van der Waals surface area contributed by atoms with Crippen LogP contribution in [0.1, 0.15) is 12.0 Å². The number of hydrogen-bond donors (Lipinski definition) is 1. The second kappa shape index (κ2) is 6.06. The molecule has 0 bridgehead atoms. The summed E-state index contributed by atoms with van der Waals surface area (Å²) in [5, 5.41) is 3.27. The number of benzene rings is 1. The fourth-order valence-corrected chi connectivity index (χ4v) is 2.50. The average Bonchev–Trinajstić information content (AvgIpc) is 2.58. The summed E-state index contributed by atoms with van der Waals surface area (Å²) in [6.45, 7) is 3.94. The van der Waals surface area contributed by atoms with Crippen LogP contribution in [0.5, 0.6) is 0 Å². The summed E-state index contributed by atoms with van der Waals surface area (Å²) >= 11 is 1.90. The molecule has 0 spiro atoms. The molecule has 94 valence electrons. The van der Waals surface area contributed by atoms with Gasteiger partial charge in [-0.1, -0.05) is 0 Å². The van der Waals surface area contributed by atoms with Crippen LogP contribution in [0.15, 0.2) is 12.1 Å². The van der Waals surface area contributed by atoms with Crippen molar-refractivity contribution >= 4 is 22.6 Å². The second-order valence-corrected chi connectivity index (χ2v) is 5.36. The highest BCUT2D eigenvalue weighted by molar-refractivity contribution is 14.1. The van der Waals surface area contributed by atoms with Gasteiger partial charge in [0.1, 0.15) is 11.6 Å². The van der Waals surface area contributed by atoms with Crippen molar-refractivity contribution < 1.29 is 8.78 Å². The van der Waals surface area contributed by atoms with Gasteiger partial charge in [0.15, 0.2) is 0 Å². The van der Waals surface area contributed by atoms with Gasteiger partial charge in [0.2, 0.25) is 0 Å². The molecule has 1 aliphatic rings. The quantitative estimate of drug-likeness (QED) is 0.650. The molecule has 0 aromatic heterocycles. The SMILES string of the molecule is Fc1ccc(I)c(F)c1CN1CCCNCC1. The first kappa shape index (κ1) is 13.2. The molecule has 1 aromatic carbocycles. The van der Waals surface area contributed by atoms with Crippen molar-refractivity contribution in [1.29, 1.82) is 0 Å². The number of hydrogen-bond acceptors (Lipinski definition) is 2. The first-order chi connectivity index (χ1) is 8.18. The summed E-state index contributed by atoms with van der Waals surface area (Å²) in [6, 6.07) is 2.81. The first-order valence-corrected chi connectivity index (χ1v) is 6.82. The molecule has 1 aliphatic heterocycles. The minimum atomic E-state index is -0.444. The topological polar surface area (TPSA) is 15.3 Å². The van der Waals surface area contributed by atoms with Gasteiger partial charge in [0.25, 0.3) is 0 Å². The average molecular weight is 352 g/mol. The Morgan fingerprint density at radius 1 is 1.24 bits per heavy atom. The smallest absolute Gasteiger partial charge is 0.143 e. The lowest BCUT2D eigenvalue weighted by atomic mass is 10.2. The third-order valence-electron chi connectivity index (χ3n) is 2.95. The minimum Gasteiger partial charge on any atom is -0.315 e. The molecule has 1 aromatic rings. The Hall–Kier alpha value is -0.270. The van der Waals surface area contributed by atoms with Gasteiger partial charge in [-0.3, -0.25) is 4.90 Å². The third-order valence-corrected chi connectivity index (χ3v) is 3.79. The summed E-state index contributed by atoms with van der Waals surface area (Å²) in [4.78, 5) is 2.09. The monoisotopic (exact) mass is 352 g/mol. The molecule has 1 fully saturated rings. The van der Waals surface area contributed by atoms with Crippen LogP contribution in [0.3, 0.4) is 0 Å². The second-order valence-electron chi connectivity index (χ2n) is 4.20. The predicted molar refractivity (Wildman–Crippen MR) is 71.8 cm³/mol. The number of rotatable bonds is 2. The maximum absolute atomic E-state index is 13.8. The van der Waals surface area contributed by atoms with Gasteiger partial charge in [0.05, 0.1) is 0 Å². The maximum Gasteiger partial charge on any atom is 0.143 e. The zero-order chi connectivity index (χ0) is 12.3. The zero-order valence-electron chi connectivity index (χ0n) is 9.48. The van der Waals surface area contributed by atoms with E-state index in [1.165, 1.54) is 12.1 Å². The molecule has 1 heterocycles. The lowest BCUT2D eigenvalue weighted by Gasteiger charge is -2.20. The lowest BCUT2D eigenvalue weighted by Crippen LogP contribution is -2.28. The number of halogens is 3. The molecule has 0 radical (unpaired) electrons. The fraction of sp³-hybridized carbons (Fsp3) is 0.500. The van der Waals surface area contributed by atoms with Gasteiger partial charge < -0.3 is 5.32 Å². The van der Waals surface area contributed by atoms with Crippen molar-refractivity contribution in [1.82, 2.24) is 10.2 Å². The Labute approximate surface area is 114 Å². The van der Waals surface area contributed by atoms with Gasteiger partial charge in [-0.2, -0.15) is 0 Å². The Morgan fingerprint density at radius 3 is 2.88 bits per heavy atom. The van der Waals surface area contributed by atoms with E-state index in [-0.39, 0.29) is 5.56 Å². The molecule has 0 saturated carbocycles. The lowest BCUT2D eigenvalue weighted by molar-refractivity contribution is 0.275. The molecule has 0 amide bonds. The van der Waals surface area contributed by atoms with E-state index in [2.05, 4.69) is 10.2 Å². The molecule has 5 heteroatoms. The van der Waals surface area contributed by atoms with E-state index >= 15 is 0 Å². The molecule has 0 atom stereocenters. The van der Waals surface area contributed by atoms with Crippen molar-refractivity contribution in [2.75, 3.05) is 26.2 Å². The first-order valence-electron chi connectivity index (χ1n) is 5.74. The van der Waals surface area contributed by atoms with Gasteiger partial charge in [-0.05, 0) is 54.2 Å². The van der Waals surface area contributed by atoms with Gasteiger partial charge in [-0.25, -0.2) is 8.78 Å². The van der Waals surface area contributed by atoms with Crippen LogP contribution in [-0.2, 0) is 6.54 Å². The molecule has 17 heavy (non-hydrogen) atoms. The molecule has 2 rings (SSSR count). The molecule has 1 N–H and O–H groups in total. The van der Waals surface area contributed by atoms with E-state index in [1.54, 1.807) is 0 Å². The highest BCUT2D eigenvalue weighted by Gasteiger charge is 2.16. The molecule has 0 unspecified atom stereocenters. The van der Waals surface area contributed by atoms with Crippen molar-refractivity contribution in [3.8, 4) is 0 Å². The van der Waals surface area contributed by atoms with E-state index in [9.17, 15) is 8.78 Å². The van der Waals surface area contributed by atoms with E-state index in [0.717, 1.165) is 32.6 Å². The molecular formula is C12H15F2IN2. The zero-order valence-corrected chi connectivity index (χ0v) is 11.6. The van der Waals surface area contributed by atoms with E-state index in [0.29, 0.717) is 10.1 Å². The largest absolute Gasteiger partial charge is 0.315 e. The van der Waals surface area contributed by atoms with Crippen LogP contribution in [0, 0.1) is 15.2 Å². The number of nitrogens with one attached hydrogen (secondary N) is 1. The van der Waals surface area contributed by atoms with Crippen molar-refractivity contribution in [3.63, 3.8) is 0 Å². The summed E-state index contributed by atoms with van der Waals surface area (Å²) in [6.07, 6.45) is 1.02. The van der Waals surface area contributed by atoms with Crippen molar-refractivity contribution in [2.24, 2.45) is 0 Å². The van der Waals surface area contributed by atoms with Crippen LogP contribution in [0.25, 0.3) is 0 Å². The van der Waals surface area contributed by atoms with Crippen LogP contribution < -0.4 is 5.32 Å². The minimum absolute atomic E-state index is 0.193. The molecule has 2 nitrogen and oxygen atoms in total. The Kier molecular flexibility index (Phi) is 4.69. The van der Waals surface area contributed by atoms with Gasteiger partial charge in [0, 0.05) is 28.8 Å². The number of nitrogens with zero attached hydrogens (tertiary/aromatic N) is 1. The van der Waals surface area contributed by atoms with Crippen molar-refractivity contribution in [2.45, 2.75) is 13.0 Å². The Balaban J connectivity index is 2.14. The molecule has 0 aliphatic carbocycles. The molecule has 1 saturated heterocycles. The van der Waals surface area contributed by atoms with E-state index in [1.807, 2.05) is 22.6 Å². The van der Waals surface area contributed by atoms with E-state index in [4.69, 9.17) is 0 Å². The van der Waals surface area contributed by atoms with Crippen LogP contribution >= 0.6 is 22.6 Å². The van der Waals surface area contributed by atoms with Crippen LogP contribution in [-0.4, -0.2) is 31.1 Å². The third kappa shape index (κ3) is 3.35. The highest BCUT2D eigenvalue weighted by atomic mass is 127. The van der Waals surface area contributed by atoms with Crippen LogP contribution in [0.4, 0.5) is 8.78 Å². The summed E-state index contributed by atoms with van der Waals surface area (Å²) in [5.74, 6) is -0.858. The Morgan fingerprint density at radius 2 is 2.06 bits per heavy atom. The normalized spacial score (nSPS) is 18.1. The van der Waals surface area contributed by atoms with Crippen LogP contribution in [0.2, 0.25) is 0 Å². The summed E-state index contributed by atoms with van der Waals surface area (Å²) < 4.78 is 27.9. The highest BCUT2D eigenvalue weighted by Crippen LogP contribution is 2.20. The predicted octanol–water partition coefficient (Wildman–Crippen LogP) is 2.36. The maximum atomic E-state index is 13.8. The van der Waals surface area contributed by atoms with Gasteiger partial charge >= 0.3 is 0 Å². The fourth-order valence-electron chi connectivity index (χ4n) is 2.00. The van der Waals surface area contributed by atoms with Crippen molar-refractivity contribution in [3.05, 3.63) is 32.9 Å². The standard InChI is InChI=1S/C12H15F2IN2/c13-10-2-3-11(15)12(14)9(10)8-17-6-1-4-16-5-7-17/h2-3,16H,1,4-8H2. The molecular weight excluding hydrogens is 337 g/mol. The summed E-state index contributed by atoms with van der Waals surface area (Å²) in [7, 11) is 0. The van der Waals surface area contributed by atoms with Gasteiger partial charge in [-0.15, -0.1) is 0 Å². The van der Waals surface area contributed by atoms with E-state index < -0.39 is 11.6 Å².